The van der Waals surface area contributed by atoms with E-state index in [2.05, 4.69) is 26.1 Å². The van der Waals surface area contributed by atoms with Crippen molar-refractivity contribution in [2.24, 2.45) is 5.41 Å². The summed E-state index contributed by atoms with van der Waals surface area (Å²) in [6.07, 6.45) is 3.01. The fraction of sp³-hybridized carbons (Fsp3) is 0.625. The monoisotopic (exact) mass is 313 g/mol. The Kier molecular flexibility index (Phi) is 4.45. The molecule has 1 aromatic carbocycles. The number of benzene rings is 1. The Labute approximate surface area is 126 Å². The molecule has 0 radical (unpaired) electrons. The molecule has 0 amide bonds. The number of rotatable bonds is 5. The quantitative estimate of drug-likeness (QED) is 0.908. The lowest BCUT2D eigenvalue weighted by molar-refractivity contribution is 0.0453. The molecular weight excluding hydrogens is 289 g/mol. The first-order valence-corrected chi connectivity index (χ1v) is 9.36. The summed E-state index contributed by atoms with van der Waals surface area (Å²) in [5.41, 5.74) is 0.994. The lowest BCUT2D eigenvalue weighted by Crippen LogP contribution is -2.56. The number of sulfone groups is 1. The van der Waals surface area contributed by atoms with Crippen molar-refractivity contribution in [1.29, 1.82) is 0 Å². The second kappa shape index (κ2) is 5.69. The van der Waals surface area contributed by atoms with Gasteiger partial charge < -0.3 is 5.32 Å². The molecule has 0 saturated heterocycles. The molecule has 0 aromatic heterocycles. The zero-order valence-electron chi connectivity index (χ0n) is 13.1. The fourth-order valence-electron chi connectivity index (χ4n) is 3.46. The molecular formula is C16H24FNO2S. The minimum atomic E-state index is -3.51. The van der Waals surface area contributed by atoms with E-state index in [1.54, 1.807) is 6.07 Å². The van der Waals surface area contributed by atoms with Crippen LogP contribution in [-0.2, 0) is 9.84 Å². The normalized spacial score (nSPS) is 29.2. The average molecular weight is 313 g/mol. The second-order valence-corrected chi connectivity index (χ2v) is 8.20. The third kappa shape index (κ3) is 2.86. The first kappa shape index (κ1) is 16.4. The summed E-state index contributed by atoms with van der Waals surface area (Å²) in [4.78, 5) is -0.216. The maximum atomic E-state index is 14.1. The zero-order chi connectivity index (χ0) is 15.8. The van der Waals surface area contributed by atoms with Gasteiger partial charge in [-0.3, -0.25) is 0 Å². The number of halogens is 1. The van der Waals surface area contributed by atoms with Crippen molar-refractivity contribution in [3.63, 3.8) is 0 Å². The number of nitrogens with one attached hydrogen (secondary N) is 1. The van der Waals surface area contributed by atoms with Crippen molar-refractivity contribution in [2.45, 2.75) is 50.5 Å². The van der Waals surface area contributed by atoms with Gasteiger partial charge in [0.1, 0.15) is 10.7 Å². The molecule has 3 unspecified atom stereocenters. The fourth-order valence-corrected chi connectivity index (χ4v) is 4.19. The van der Waals surface area contributed by atoms with E-state index in [0.717, 1.165) is 31.2 Å². The largest absolute Gasteiger partial charge is 0.314 e. The van der Waals surface area contributed by atoms with Gasteiger partial charge in [0, 0.05) is 12.3 Å². The highest BCUT2D eigenvalue weighted by Crippen LogP contribution is 2.55. The Bertz CT molecular complexity index is 629. The van der Waals surface area contributed by atoms with Crippen LogP contribution >= 0.6 is 0 Å². The Morgan fingerprint density at radius 3 is 2.52 bits per heavy atom. The summed E-state index contributed by atoms with van der Waals surface area (Å²) >= 11 is 0. The predicted octanol–water partition coefficient (Wildman–Crippen LogP) is 3.11. The van der Waals surface area contributed by atoms with E-state index >= 15 is 0 Å². The van der Waals surface area contributed by atoms with Gasteiger partial charge in [-0.25, -0.2) is 12.8 Å². The van der Waals surface area contributed by atoms with Crippen molar-refractivity contribution >= 4 is 9.84 Å². The Morgan fingerprint density at radius 2 is 2.05 bits per heavy atom. The van der Waals surface area contributed by atoms with E-state index in [4.69, 9.17) is 0 Å². The third-order valence-electron chi connectivity index (χ3n) is 5.03. The molecule has 0 spiro atoms. The standard InChI is InChI=1S/C16H24FNO2S/c1-5-16(3)12(10-15(16)18-6-2)11-7-8-14(13(17)9-11)21(4,19)20/h7-9,12,15,18H,5-6,10H2,1-4H3. The van der Waals surface area contributed by atoms with Gasteiger partial charge in [-0.15, -0.1) is 0 Å². The molecule has 1 fully saturated rings. The molecule has 1 aliphatic carbocycles. The molecule has 3 atom stereocenters. The highest BCUT2D eigenvalue weighted by molar-refractivity contribution is 7.90. The van der Waals surface area contributed by atoms with Gasteiger partial charge in [0.2, 0.25) is 0 Å². The topological polar surface area (TPSA) is 46.2 Å². The van der Waals surface area contributed by atoms with E-state index in [-0.39, 0.29) is 16.2 Å². The van der Waals surface area contributed by atoms with Gasteiger partial charge in [0.15, 0.2) is 9.84 Å². The van der Waals surface area contributed by atoms with E-state index < -0.39 is 15.7 Å². The Hall–Kier alpha value is -0.940. The van der Waals surface area contributed by atoms with Gasteiger partial charge in [-0.05, 0) is 48.4 Å². The van der Waals surface area contributed by atoms with Crippen molar-refractivity contribution in [3.8, 4) is 0 Å². The van der Waals surface area contributed by atoms with E-state index in [0.29, 0.717) is 6.04 Å². The molecule has 1 aromatic rings. The van der Waals surface area contributed by atoms with Crippen LogP contribution in [0.1, 0.15) is 45.1 Å². The molecule has 0 aliphatic heterocycles. The molecule has 1 saturated carbocycles. The van der Waals surface area contributed by atoms with Crippen LogP contribution in [0.2, 0.25) is 0 Å². The summed E-state index contributed by atoms with van der Waals surface area (Å²) < 4.78 is 37.1. The zero-order valence-corrected chi connectivity index (χ0v) is 13.9. The molecule has 3 nitrogen and oxygen atoms in total. The second-order valence-electron chi connectivity index (χ2n) is 6.22. The summed E-state index contributed by atoms with van der Waals surface area (Å²) in [6.45, 7) is 7.38. The van der Waals surface area contributed by atoms with Crippen LogP contribution in [0.5, 0.6) is 0 Å². The number of hydrogen-bond donors (Lipinski definition) is 1. The minimum Gasteiger partial charge on any atom is -0.314 e. The van der Waals surface area contributed by atoms with Crippen LogP contribution < -0.4 is 5.32 Å². The molecule has 0 bridgehead atoms. The Morgan fingerprint density at radius 1 is 1.38 bits per heavy atom. The van der Waals surface area contributed by atoms with Crippen molar-refractivity contribution in [3.05, 3.63) is 29.6 Å². The highest BCUT2D eigenvalue weighted by Gasteiger charge is 2.50. The molecule has 21 heavy (non-hydrogen) atoms. The molecule has 1 N–H and O–H groups in total. The van der Waals surface area contributed by atoms with Gasteiger partial charge in [-0.1, -0.05) is 26.8 Å². The summed E-state index contributed by atoms with van der Waals surface area (Å²) in [6, 6.07) is 5.00. The lowest BCUT2D eigenvalue weighted by Gasteiger charge is -2.55. The Balaban J connectivity index is 2.30. The predicted molar refractivity (Wildman–Crippen MR) is 82.7 cm³/mol. The SMILES string of the molecule is CCNC1CC(c2ccc(S(C)(=O)=O)c(F)c2)C1(C)CC. The van der Waals surface area contributed by atoms with Gasteiger partial charge in [0.05, 0.1) is 0 Å². The van der Waals surface area contributed by atoms with Crippen LogP contribution in [-0.4, -0.2) is 27.3 Å². The summed E-state index contributed by atoms with van der Waals surface area (Å²) in [5, 5.41) is 3.48. The summed E-state index contributed by atoms with van der Waals surface area (Å²) in [5.74, 6) is -0.366. The molecule has 2 rings (SSSR count). The smallest absolute Gasteiger partial charge is 0.178 e. The maximum absolute atomic E-state index is 14.1. The minimum absolute atomic E-state index is 0.0923. The number of hydrogen-bond acceptors (Lipinski definition) is 3. The van der Waals surface area contributed by atoms with Crippen LogP contribution in [0.15, 0.2) is 23.1 Å². The van der Waals surface area contributed by atoms with Crippen LogP contribution in [0.4, 0.5) is 4.39 Å². The van der Waals surface area contributed by atoms with Crippen molar-refractivity contribution in [2.75, 3.05) is 12.8 Å². The lowest BCUT2D eigenvalue weighted by atomic mass is 9.54. The van der Waals surface area contributed by atoms with Crippen LogP contribution in [0.3, 0.4) is 0 Å². The van der Waals surface area contributed by atoms with Gasteiger partial charge >= 0.3 is 0 Å². The van der Waals surface area contributed by atoms with Crippen molar-refractivity contribution in [1.82, 2.24) is 5.32 Å². The van der Waals surface area contributed by atoms with Gasteiger partial charge in [-0.2, -0.15) is 0 Å². The molecule has 5 heteroatoms. The third-order valence-corrected chi connectivity index (χ3v) is 6.16. The first-order chi connectivity index (χ1) is 9.74. The van der Waals surface area contributed by atoms with E-state index in [1.807, 2.05) is 0 Å². The van der Waals surface area contributed by atoms with E-state index in [1.165, 1.54) is 12.1 Å². The molecule has 1 aliphatic rings. The highest BCUT2D eigenvalue weighted by atomic mass is 32.2. The van der Waals surface area contributed by atoms with E-state index in [9.17, 15) is 12.8 Å². The van der Waals surface area contributed by atoms with Crippen LogP contribution in [0, 0.1) is 11.2 Å². The molecule has 118 valence electrons. The van der Waals surface area contributed by atoms with Gasteiger partial charge in [0.25, 0.3) is 0 Å². The summed E-state index contributed by atoms with van der Waals surface area (Å²) in [7, 11) is -3.51. The first-order valence-electron chi connectivity index (χ1n) is 7.47. The van der Waals surface area contributed by atoms with Crippen LogP contribution in [0.25, 0.3) is 0 Å². The maximum Gasteiger partial charge on any atom is 0.178 e. The van der Waals surface area contributed by atoms with Crippen molar-refractivity contribution < 1.29 is 12.8 Å². The average Bonchev–Trinajstić information content (AvgIpc) is 2.40. The molecule has 0 heterocycles.